The van der Waals surface area contributed by atoms with Crippen molar-refractivity contribution in [3.63, 3.8) is 0 Å². The zero-order valence-electron chi connectivity index (χ0n) is 11.1. The molecule has 1 aromatic heterocycles. The molecule has 1 unspecified atom stereocenters. The molecule has 0 amide bonds. The molecular weight excluding hydrogens is 242 g/mol. The number of piperidine rings is 1. The summed E-state index contributed by atoms with van der Waals surface area (Å²) in [6.45, 7) is 2.19. The van der Waals surface area contributed by atoms with Gasteiger partial charge in [-0.25, -0.2) is 9.78 Å². The third-order valence-electron chi connectivity index (χ3n) is 4.31. The molecule has 2 aliphatic heterocycles. The lowest BCUT2D eigenvalue weighted by molar-refractivity contribution is -0.141. The Morgan fingerprint density at radius 3 is 2.95 bits per heavy atom. The second-order valence-electron chi connectivity index (χ2n) is 5.70. The summed E-state index contributed by atoms with van der Waals surface area (Å²) in [7, 11) is 0. The number of aliphatic carboxylic acids is 1. The topological polar surface area (TPSA) is 67.2 Å². The van der Waals surface area contributed by atoms with Gasteiger partial charge in [0.1, 0.15) is 11.9 Å². The van der Waals surface area contributed by atoms with Crippen molar-refractivity contribution in [1.29, 1.82) is 0 Å². The van der Waals surface area contributed by atoms with Crippen molar-refractivity contribution in [2.24, 2.45) is 5.92 Å². The summed E-state index contributed by atoms with van der Waals surface area (Å²) in [5.74, 6) is 0.927. The summed E-state index contributed by atoms with van der Waals surface area (Å²) in [5, 5.41) is 12.6. The molecular formula is C14H21N3O2. The van der Waals surface area contributed by atoms with Gasteiger partial charge in [-0.15, -0.1) is 0 Å². The Kier molecular flexibility index (Phi) is 3.55. The third-order valence-corrected chi connectivity index (χ3v) is 4.31. The van der Waals surface area contributed by atoms with Crippen molar-refractivity contribution in [1.82, 2.24) is 14.9 Å². The highest BCUT2D eigenvalue weighted by atomic mass is 16.4. The lowest BCUT2D eigenvalue weighted by Gasteiger charge is -2.21. The van der Waals surface area contributed by atoms with Crippen LogP contribution in [0.4, 0.5) is 0 Å². The number of nitrogens with one attached hydrogen (secondary N) is 1. The minimum atomic E-state index is -0.730. The summed E-state index contributed by atoms with van der Waals surface area (Å²) in [6, 6.07) is -0.405. The smallest absolute Gasteiger partial charge is 0.326 e. The van der Waals surface area contributed by atoms with E-state index in [0.717, 1.165) is 50.3 Å². The van der Waals surface area contributed by atoms with Crippen LogP contribution in [0.5, 0.6) is 0 Å². The predicted octanol–water partition coefficient (Wildman–Crippen LogP) is 1.39. The van der Waals surface area contributed by atoms with Crippen molar-refractivity contribution in [3.8, 4) is 0 Å². The predicted molar refractivity (Wildman–Crippen MR) is 71.1 cm³/mol. The summed E-state index contributed by atoms with van der Waals surface area (Å²) in [6.07, 6.45) is 7.95. The van der Waals surface area contributed by atoms with Gasteiger partial charge in [0.15, 0.2) is 0 Å². The van der Waals surface area contributed by atoms with E-state index < -0.39 is 12.0 Å². The first-order valence-corrected chi connectivity index (χ1v) is 7.24. The number of rotatable bonds is 3. The number of carbonyl (C=O) groups is 1. The first-order valence-electron chi connectivity index (χ1n) is 7.24. The number of carboxylic acid groups (broad SMARTS) is 1. The number of aryl methyl sites for hydroxylation is 1. The Bertz CT molecular complexity index is 463. The van der Waals surface area contributed by atoms with E-state index in [1.165, 1.54) is 12.8 Å². The number of aromatic nitrogens is 2. The Morgan fingerprint density at radius 1 is 1.42 bits per heavy atom. The van der Waals surface area contributed by atoms with Gasteiger partial charge in [-0.1, -0.05) is 0 Å². The third kappa shape index (κ3) is 2.66. The Balaban J connectivity index is 1.75. The van der Waals surface area contributed by atoms with Crippen molar-refractivity contribution in [2.45, 2.75) is 44.6 Å². The lowest BCUT2D eigenvalue weighted by Crippen LogP contribution is -2.28. The van der Waals surface area contributed by atoms with Crippen LogP contribution < -0.4 is 5.32 Å². The van der Waals surface area contributed by atoms with Gasteiger partial charge in [0.05, 0.1) is 5.69 Å². The average Bonchev–Trinajstić information content (AvgIpc) is 2.81. The van der Waals surface area contributed by atoms with E-state index in [1.807, 2.05) is 10.8 Å². The van der Waals surface area contributed by atoms with E-state index in [0.29, 0.717) is 5.92 Å². The highest BCUT2D eigenvalue weighted by Crippen LogP contribution is 2.26. The van der Waals surface area contributed by atoms with Gasteiger partial charge in [-0.2, -0.15) is 0 Å². The molecule has 0 aromatic carbocycles. The van der Waals surface area contributed by atoms with Gasteiger partial charge in [-0.3, -0.25) is 0 Å². The first kappa shape index (κ1) is 12.7. The molecule has 3 heterocycles. The second-order valence-corrected chi connectivity index (χ2v) is 5.70. The molecule has 2 aliphatic rings. The monoisotopic (exact) mass is 263 g/mol. The van der Waals surface area contributed by atoms with E-state index in [2.05, 4.69) is 10.3 Å². The van der Waals surface area contributed by atoms with Crippen LogP contribution in [0, 0.1) is 5.92 Å². The normalized spacial score (nSPS) is 24.1. The van der Waals surface area contributed by atoms with Crippen LogP contribution in [0.2, 0.25) is 0 Å². The van der Waals surface area contributed by atoms with E-state index in [-0.39, 0.29) is 0 Å². The van der Waals surface area contributed by atoms with E-state index in [1.54, 1.807) is 0 Å². The Labute approximate surface area is 113 Å². The zero-order chi connectivity index (χ0) is 13.2. The first-order chi connectivity index (χ1) is 9.24. The van der Waals surface area contributed by atoms with Gasteiger partial charge >= 0.3 is 5.97 Å². The number of fused-ring (bicyclic) bond motifs is 1. The van der Waals surface area contributed by atoms with Gasteiger partial charge in [0, 0.05) is 12.6 Å². The highest BCUT2D eigenvalue weighted by molar-refractivity contribution is 5.72. The van der Waals surface area contributed by atoms with E-state index in [9.17, 15) is 9.90 Å². The van der Waals surface area contributed by atoms with E-state index in [4.69, 9.17) is 0 Å². The van der Waals surface area contributed by atoms with Crippen LogP contribution in [-0.2, 0) is 17.6 Å². The van der Waals surface area contributed by atoms with Crippen LogP contribution in [0.15, 0.2) is 6.20 Å². The summed E-state index contributed by atoms with van der Waals surface area (Å²) >= 11 is 0. The van der Waals surface area contributed by atoms with Gasteiger partial charge in [-0.05, 0) is 51.1 Å². The Hall–Kier alpha value is -1.36. The van der Waals surface area contributed by atoms with Crippen molar-refractivity contribution in [2.75, 3.05) is 13.1 Å². The van der Waals surface area contributed by atoms with Crippen LogP contribution in [0.1, 0.15) is 43.2 Å². The minimum Gasteiger partial charge on any atom is -0.480 e. The molecule has 1 atom stereocenters. The molecule has 5 heteroatoms. The molecule has 19 heavy (non-hydrogen) atoms. The molecule has 1 saturated heterocycles. The largest absolute Gasteiger partial charge is 0.480 e. The number of imidazole rings is 1. The fourth-order valence-corrected chi connectivity index (χ4v) is 3.26. The lowest BCUT2D eigenvalue weighted by atomic mass is 9.93. The average molecular weight is 263 g/mol. The molecule has 1 fully saturated rings. The number of hydrogen-bond acceptors (Lipinski definition) is 3. The molecule has 104 valence electrons. The zero-order valence-corrected chi connectivity index (χ0v) is 11.1. The molecule has 0 bridgehead atoms. The highest BCUT2D eigenvalue weighted by Gasteiger charge is 2.27. The van der Waals surface area contributed by atoms with Crippen molar-refractivity contribution in [3.05, 3.63) is 17.7 Å². The number of hydrogen-bond donors (Lipinski definition) is 2. The molecule has 2 N–H and O–H groups in total. The maximum Gasteiger partial charge on any atom is 0.326 e. The molecule has 1 aromatic rings. The van der Waals surface area contributed by atoms with Crippen molar-refractivity contribution >= 4 is 5.97 Å². The second kappa shape index (κ2) is 5.33. The molecule has 3 rings (SSSR count). The van der Waals surface area contributed by atoms with Crippen LogP contribution >= 0.6 is 0 Å². The number of nitrogens with zero attached hydrogens (tertiary/aromatic N) is 2. The maximum atomic E-state index is 11.3. The van der Waals surface area contributed by atoms with Gasteiger partial charge in [0.2, 0.25) is 0 Å². The summed E-state index contributed by atoms with van der Waals surface area (Å²) < 4.78 is 1.89. The van der Waals surface area contributed by atoms with Crippen molar-refractivity contribution < 1.29 is 9.90 Å². The van der Waals surface area contributed by atoms with Gasteiger partial charge < -0.3 is 15.0 Å². The van der Waals surface area contributed by atoms with Crippen LogP contribution in [0.25, 0.3) is 0 Å². The SMILES string of the molecule is O=C(O)C1CCCc2nc(CC3CCNCC3)cn21. The minimum absolute atomic E-state index is 0.405. The molecule has 0 spiro atoms. The molecule has 0 saturated carbocycles. The van der Waals surface area contributed by atoms with Gasteiger partial charge in [0.25, 0.3) is 0 Å². The fourth-order valence-electron chi connectivity index (χ4n) is 3.26. The van der Waals surface area contributed by atoms with E-state index >= 15 is 0 Å². The Morgan fingerprint density at radius 2 is 2.21 bits per heavy atom. The van der Waals surface area contributed by atoms with Crippen LogP contribution in [-0.4, -0.2) is 33.7 Å². The summed E-state index contributed by atoms with van der Waals surface area (Å²) in [5.41, 5.74) is 1.08. The standard InChI is InChI=1S/C14H21N3O2/c18-14(19)12-2-1-3-13-16-11(9-17(12)13)8-10-4-6-15-7-5-10/h9-10,12,15H,1-8H2,(H,18,19). The maximum absolute atomic E-state index is 11.3. The number of carboxylic acids is 1. The summed E-state index contributed by atoms with van der Waals surface area (Å²) in [4.78, 5) is 15.9. The molecule has 5 nitrogen and oxygen atoms in total. The molecule has 0 aliphatic carbocycles. The fraction of sp³-hybridized carbons (Fsp3) is 0.714. The van der Waals surface area contributed by atoms with Crippen LogP contribution in [0.3, 0.4) is 0 Å². The quantitative estimate of drug-likeness (QED) is 0.864. The molecule has 0 radical (unpaired) electrons.